The first kappa shape index (κ1) is 11.2. The van der Waals surface area contributed by atoms with Crippen molar-refractivity contribution in [3.63, 3.8) is 0 Å². The van der Waals surface area contributed by atoms with Crippen LogP contribution in [-0.4, -0.2) is 35.7 Å². The monoisotopic (exact) mass is 261 g/mol. The number of benzene rings is 1. The Morgan fingerprint density at radius 2 is 2.16 bits per heavy atom. The third-order valence-corrected chi connectivity index (χ3v) is 4.43. The molecule has 0 aliphatic carbocycles. The highest BCUT2D eigenvalue weighted by molar-refractivity contribution is 5.88. The molecule has 0 radical (unpaired) electrons. The molecule has 3 aliphatic rings. The molecule has 1 N–H and O–H groups in total. The van der Waals surface area contributed by atoms with Gasteiger partial charge >= 0.3 is 0 Å². The average Bonchev–Trinajstić information content (AvgIpc) is 2.85. The predicted octanol–water partition coefficient (Wildman–Crippen LogP) is 2.47. The van der Waals surface area contributed by atoms with Crippen LogP contribution in [0.4, 0.5) is 10.2 Å². The highest BCUT2D eigenvalue weighted by Crippen LogP contribution is 2.32. The number of aromatic nitrogens is 1. The molecule has 1 aromatic carbocycles. The summed E-state index contributed by atoms with van der Waals surface area (Å²) in [7, 11) is 0. The molecule has 5 heteroatoms. The highest BCUT2D eigenvalue weighted by Gasteiger charge is 2.34. The summed E-state index contributed by atoms with van der Waals surface area (Å²) in [4.78, 5) is 2.45. The molecular weight excluding hydrogens is 245 g/mol. The van der Waals surface area contributed by atoms with Gasteiger partial charge in [-0.1, -0.05) is 11.2 Å². The maximum absolute atomic E-state index is 13.9. The fraction of sp³-hybridized carbons (Fsp3) is 0.500. The number of nitrogens with zero attached hydrogens (tertiary/aromatic N) is 2. The van der Waals surface area contributed by atoms with E-state index in [9.17, 15) is 4.39 Å². The number of hydrogen-bond donors (Lipinski definition) is 1. The first-order chi connectivity index (χ1) is 9.31. The SMILES string of the molecule is Fc1cccc2onc(N[C@H]3CN4CCC3CC4)c12. The Labute approximate surface area is 110 Å². The molecule has 4 heterocycles. The van der Waals surface area contributed by atoms with E-state index in [1.54, 1.807) is 12.1 Å². The molecule has 4 nitrogen and oxygen atoms in total. The Hall–Kier alpha value is -1.62. The number of piperidine rings is 3. The van der Waals surface area contributed by atoms with Crippen LogP contribution in [0.5, 0.6) is 0 Å². The van der Waals surface area contributed by atoms with Gasteiger partial charge in [-0.3, -0.25) is 0 Å². The number of nitrogens with one attached hydrogen (secondary N) is 1. The fourth-order valence-electron chi connectivity index (χ4n) is 3.35. The number of fused-ring (bicyclic) bond motifs is 4. The molecule has 3 aliphatic heterocycles. The summed E-state index contributed by atoms with van der Waals surface area (Å²) in [6, 6.07) is 5.19. The van der Waals surface area contributed by atoms with E-state index >= 15 is 0 Å². The average molecular weight is 261 g/mol. The molecule has 1 aromatic heterocycles. The van der Waals surface area contributed by atoms with Crippen LogP contribution in [0.15, 0.2) is 22.7 Å². The lowest BCUT2D eigenvalue weighted by molar-refractivity contribution is 0.0973. The summed E-state index contributed by atoms with van der Waals surface area (Å²) in [6.45, 7) is 3.40. The second kappa shape index (κ2) is 4.20. The molecule has 5 rings (SSSR count). The second-order valence-electron chi connectivity index (χ2n) is 5.53. The molecule has 3 saturated heterocycles. The van der Waals surface area contributed by atoms with Gasteiger partial charge in [0.25, 0.3) is 0 Å². The van der Waals surface area contributed by atoms with E-state index < -0.39 is 0 Å². The van der Waals surface area contributed by atoms with Gasteiger partial charge in [-0.05, 0) is 44.0 Å². The maximum Gasteiger partial charge on any atom is 0.180 e. The Morgan fingerprint density at radius 1 is 1.32 bits per heavy atom. The Morgan fingerprint density at radius 3 is 2.89 bits per heavy atom. The van der Waals surface area contributed by atoms with Crippen LogP contribution in [-0.2, 0) is 0 Å². The van der Waals surface area contributed by atoms with Crippen molar-refractivity contribution in [2.75, 3.05) is 25.0 Å². The van der Waals surface area contributed by atoms with Gasteiger partial charge in [-0.2, -0.15) is 0 Å². The minimum Gasteiger partial charge on any atom is -0.362 e. The molecule has 2 bridgehead atoms. The minimum absolute atomic E-state index is 0.275. The van der Waals surface area contributed by atoms with Gasteiger partial charge in [0, 0.05) is 12.6 Å². The van der Waals surface area contributed by atoms with Gasteiger partial charge in [0.15, 0.2) is 11.4 Å². The summed E-state index contributed by atoms with van der Waals surface area (Å²) < 4.78 is 19.1. The maximum atomic E-state index is 13.9. The van der Waals surface area contributed by atoms with Gasteiger partial charge in [-0.25, -0.2) is 4.39 Å². The zero-order valence-electron chi connectivity index (χ0n) is 10.6. The van der Waals surface area contributed by atoms with Crippen molar-refractivity contribution in [2.45, 2.75) is 18.9 Å². The van der Waals surface area contributed by atoms with Crippen molar-refractivity contribution in [1.29, 1.82) is 0 Å². The smallest absolute Gasteiger partial charge is 0.180 e. The molecular formula is C14H16FN3O. The number of anilines is 1. The second-order valence-corrected chi connectivity index (χ2v) is 5.53. The van der Waals surface area contributed by atoms with Crippen molar-refractivity contribution < 1.29 is 8.91 Å². The quantitative estimate of drug-likeness (QED) is 0.901. The number of rotatable bonds is 2. The topological polar surface area (TPSA) is 41.3 Å². The van der Waals surface area contributed by atoms with Crippen LogP contribution >= 0.6 is 0 Å². The van der Waals surface area contributed by atoms with Gasteiger partial charge in [-0.15, -0.1) is 0 Å². The first-order valence-electron chi connectivity index (χ1n) is 6.84. The standard InChI is InChI=1S/C14H16FN3O/c15-10-2-1-3-12-13(10)14(17-19-12)16-11-8-18-6-4-9(11)5-7-18/h1-3,9,11H,4-8H2,(H,16,17)/t11-/m0/s1. The lowest BCUT2D eigenvalue weighted by atomic mass is 9.84. The van der Waals surface area contributed by atoms with E-state index in [1.165, 1.54) is 32.0 Å². The van der Waals surface area contributed by atoms with Crippen LogP contribution in [0, 0.1) is 11.7 Å². The highest BCUT2D eigenvalue weighted by atomic mass is 19.1. The summed E-state index contributed by atoms with van der Waals surface area (Å²) >= 11 is 0. The molecule has 2 aromatic rings. The van der Waals surface area contributed by atoms with Crippen LogP contribution in [0.25, 0.3) is 11.0 Å². The van der Waals surface area contributed by atoms with Crippen molar-refractivity contribution in [3.05, 3.63) is 24.0 Å². The Bertz CT molecular complexity index is 604. The summed E-state index contributed by atoms with van der Waals surface area (Å²) in [5.74, 6) is 0.942. The largest absolute Gasteiger partial charge is 0.362 e. The van der Waals surface area contributed by atoms with Crippen molar-refractivity contribution in [3.8, 4) is 0 Å². The summed E-state index contributed by atoms with van der Waals surface area (Å²) in [5.41, 5.74) is 0.503. The van der Waals surface area contributed by atoms with E-state index in [4.69, 9.17) is 4.52 Å². The molecule has 19 heavy (non-hydrogen) atoms. The zero-order valence-corrected chi connectivity index (χ0v) is 10.6. The van der Waals surface area contributed by atoms with Crippen LogP contribution in [0.1, 0.15) is 12.8 Å². The third kappa shape index (κ3) is 1.80. The summed E-state index contributed by atoms with van der Waals surface area (Å²) in [6.07, 6.45) is 2.44. The Kier molecular flexibility index (Phi) is 2.48. The molecule has 3 fully saturated rings. The minimum atomic E-state index is -0.275. The third-order valence-electron chi connectivity index (χ3n) is 4.43. The first-order valence-corrected chi connectivity index (χ1v) is 6.84. The molecule has 0 spiro atoms. The normalized spacial score (nSPS) is 29.8. The van der Waals surface area contributed by atoms with E-state index in [0.717, 1.165) is 6.54 Å². The van der Waals surface area contributed by atoms with Gasteiger partial charge < -0.3 is 14.7 Å². The lowest BCUT2D eigenvalue weighted by Gasteiger charge is -2.44. The predicted molar refractivity (Wildman–Crippen MR) is 70.5 cm³/mol. The van der Waals surface area contributed by atoms with Crippen LogP contribution in [0.3, 0.4) is 0 Å². The number of halogens is 1. The Balaban J connectivity index is 1.65. The summed E-state index contributed by atoms with van der Waals surface area (Å²) in [5, 5.41) is 7.85. The van der Waals surface area contributed by atoms with E-state index in [-0.39, 0.29) is 5.82 Å². The molecule has 0 amide bonds. The lowest BCUT2D eigenvalue weighted by Crippen LogP contribution is -2.53. The van der Waals surface area contributed by atoms with Gasteiger partial charge in [0.1, 0.15) is 11.2 Å². The van der Waals surface area contributed by atoms with E-state index in [2.05, 4.69) is 15.4 Å². The van der Waals surface area contributed by atoms with Crippen molar-refractivity contribution in [2.24, 2.45) is 5.92 Å². The van der Waals surface area contributed by atoms with Gasteiger partial charge in [0.05, 0.1) is 0 Å². The zero-order chi connectivity index (χ0) is 12.8. The van der Waals surface area contributed by atoms with Gasteiger partial charge in [0.2, 0.25) is 0 Å². The fourth-order valence-corrected chi connectivity index (χ4v) is 3.35. The van der Waals surface area contributed by atoms with E-state index in [1.807, 2.05) is 0 Å². The van der Waals surface area contributed by atoms with Crippen molar-refractivity contribution >= 4 is 16.8 Å². The molecule has 0 saturated carbocycles. The van der Waals surface area contributed by atoms with Crippen LogP contribution in [0.2, 0.25) is 0 Å². The molecule has 100 valence electrons. The molecule has 1 atom stereocenters. The molecule has 0 unspecified atom stereocenters. The van der Waals surface area contributed by atoms with E-state index in [0.29, 0.717) is 28.7 Å². The van der Waals surface area contributed by atoms with Crippen molar-refractivity contribution in [1.82, 2.24) is 10.1 Å². The van der Waals surface area contributed by atoms with Crippen LogP contribution < -0.4 is 5.32 Å². The number of hydrogen-bond acceptors (Lipinski definition) is 4.